The largest absolute Gasteiger partial charge is 0.421 e. The second-order valence-electron chi connectivity index (χ2n) is 5.44. The van der Waals surface area contributed by atoms with Crippen LogP contribution in [0.25, 0.3) is 16.8 Å². The van der Waals surface area contributed by atoms with Gasteiger partial charge in [0.2, 0.25) is 0 Å². The first-order valence-electron chi connectivity index (χ1n) is 7.56. The molecule has 0 unspecified atom stereocenters. The number of carbonyl (C=O) groups excluding carboxylic acids is 1. The fraction of sp³-hybridized carbons (Fsp3) is 0. The maximum atomic E-state index is 12.6. The Hall–Kier alpha value is -2.85. The number of benzene rings is 1. The number of anilines is 1. The average Bonchev–Trinajstić information content (AvgIpc) is 3.17. The fourth-order valence-corrected chi connectivity index (χ4v) is 3.79. The Morgan fingerprint density at radius 3 is 2.78 bits per heavy atom. The van der Waals surface area contributed by atoms with Gasteiger partial charge in [0.25, 0.3) is 5.91 Å². The molecule has 1 N–H and O–H groups in total. The molecule has 0 aliphatic rings. The first-order chi connectivity index (χ1) is 13.0. The van der Waals surface area contributed by atoms with E-state index in [1.54, 1.807) is 41.5 Å². The van der Waals surface area contributed by atoms with Gasteiger partial charge in [0.05, 0.1) is 4.47 Å². The lowest BCUT2D eigenvalue weighted by Crippen LogP contribution is -2.21. The van der Waals surface area contributed by atoms with Crippen LogP contribution in [0, 0.1) is 0 Å². The van der Waals surface area contributed by atoms with Crippen molar-refractivity contribution in [1.29, 1.82) is 0 Å². The van der Waals surface area contributed by atoms with E-state index in [0.29, 0.717) is 21.3 Å². The minimum absolute atomic E-state index is 0.129. The molecule has 1 amide bonds. The first kappa shape index (κ1) is 17.6. The van der Waals surface area contributed by atoms with Crippen LogP contribution < -0.4 is 10.9 Å². The summed E-state index contributed by atoms with van der Waals surface area (Å²) in [5, 5.41) is 3.19. The van der Waals surface area contributed by atoms with E-state index in [4.69, 9.17) is 4.42 Å². The van der Waals surface area contributed by atoms with Crippen LogP contribution in [-0.2, 0) is 0 Å². The van der Waals surface area contributed by atoms with Crippen LogP contribution in [0.3, 0.4) is 0 Å². The molecule has 0 saturated heterocycles. The standard InChI is InChI=1S/C17H9Br2N5O3/c18-10-3-9-4-11(17(26)27-15(9)12(19)5-10)16(25)23-13-6-14(22-7-21-13)24-2-1-20-8-24/h1-8H,(H,21,22,23,25). The normalized spacial score (nSPS) is 10.9. The summed E-state index contributed by atoms with van der Waals surface area (Å²) < 4.78 is 8.34. The molecule has 0 aliphatic heterocycles. The molecule has 4 aromatic rings. The number of amides is 1. The Labute approximate surface area is 168 Å². The average molecular weight is 491 g/mol. The molecule has 0 atom stereocenters. The number of carbonyl (C=O) groups is 1. The van der Waals surface area contributed by atoms with E-state index in [2.05, 4.69) is 52.1 Å². The molecule has 4 rings (SSSR count). The molecule has 3 heterocycles. The SMILES string of the molecule is O=C(Nc1cc(-n2ccnc2)ncn1)c1cc2cc(Br)cc(Br)c2oc1=O. The molecular formula is C17H9Br2N5O3. The van der Waals surface area contributed by atoms with Crippen molar-refractivity contribution in [2.24, 2.45) is 0 Å². The van der Waals surface area contributed by atoms with Crippen molar-refractivity contribution in [3.63, 3.8) is 0 Å². The van der Waals surface area contributed by atoms with Crippen LogP contribution in [0.2, 0.25) is 0 Å². The molecule has 0 fully saturated rings. The van der Waals surface area contributed by atoms with Crippen molar-refractivity contribution in [2.75, 3.05) is 5.32 Å². The summed E-state index contributed by atoms with van der Waals surface area (Å²) in [4.78, 5) is 36.9. The van der Waals surface area contributed by atoms with Gasteiger partial charge in [-0.1, -0.05) is 15.9 Å². The first-order valence-corrected chi connectivity index (χ1v) is 9.14. The van der Waals surface area contributed by atoms with Gasteiger partial charge in [0, 0.05) is 28.3 Å². The van der Waals surface area contributed by atoms with Crippen LogP contribution in [0.1, 0.15) is 10.4 Å². The maximum Gasteiger partial charge on any atom is 0.349 e. The summed E-state index contributed by atoms with van der Waals surface area (Å²) >= 11 is 6.71. The van der Waals surface area contributed by atoms with Crippen LogP contribution in [0.15, 0.2) is 67.5 Å². The van der Waals surface area contributed by atoms with Crippen LogP contribution in [0.5, 0.6) is 0 Å². The molecule has 27 heavy (non-hydrogen) atoms. The van der Waals surface area contributed by atoms with Gasteiger partial charge in [-0.15, -0.1) is 0 Å². The zero-order chi connectivity index (χ0) is 19.0. The third-order valence-corrected chi connectivity index (χ3v) is 4.71. The van der Waals surface area contributed by atoms with Gasteiger partial charge in [-0.2, -0.15) is 0 Å². The molecule has 8 nitrogen and oxygen atoms in total. The minimum atomic E-state index is -0.744. The predicted octanol–water partition coefficient (Wildman–Crippen LogP) is 3.55. The number of nitrogens with zero attached hydrogens (tertiary/aromatic N) is 4. The summed E-state index contributed by atoms with van der Waals surface area (Å²) in [5.74, 6) is 0.141. The van der Waals surface area contributed by atoms with E-state index in [-0.39, 0.29) is 11.4 Å². The highest BCUT2D eigenvalue weighted by Crippen LogP contribution is 2.28. The zero-order valence-electron chi connectivity index (χ0n) is 13.4. The number of halogens is 2. The van der Waals surface area contributed by atoms with E-state index in [1.807, 2.05) is 0 Å². The van der Waals surface area contributed by atoms with E-state index in [0.717, 1.165) is 4.47 Å². The molecule has 10 heteroatoms. The molecule has 0 aliphatic carbocycles. The number of rotatable bonds is 3. The van der Waals surface area contributed by atoms with Crippen molar-refractivity contribution in [1.82, 2.24) is 19.5 Å². The van der Waals surface area contributed by atoms with Crippen LogP contribution in [0.4, 0.5) is 5.82 Å². The lowest BCUT2D eigenvalue weighted by atomic mass is 10.2. The Kier molecular flexibility index (Phi) is 4.58. The maximum absolute atomic E-state index is 12.6. The number of fused-ring (bicyclic) bond motifs is 1. The topological polar surface area (TPSA) is 103 Å². The number of aromatic nitrogens is 4. The quantitative estimate of drug-likeness (QED) is 0.440. The second kappa shape index (κ2) is 7.05. The highest BCUT2D eigenvalue weighted by atomic mass is 79.9. The Morgan fingerprint density at radius 2 is 2.00 bits per heavy atom. The molecule has 0 radical (unpaired) electrons. The number of imidazole rings is 1. The van der Waals surface area contributed by atoms with Gasteiger partial charge in [0.1, 0.15) is 29.9 Å². The van der Waals surface area contributed by atoms with E-state index >= 15 is 0 Å². The lowest BCUT2D eigenvalue weighted by molar-refractivity contribution is 0.102. The highest BCUT2D eigenvalue weighted by Gasteiger charge is 2.16. The third kappa shape index (κ3) is 3.53. The number of nitrogens with one attached hydrogen (secondary N) is 1. The molecule has 0 saturated carbocycles. The van der Waals surface area contributed by atoms with Gasteiger partial charge < -0.3 is 9.73 Å². The molecule has 1 aromatic carbocycles. The smallest absolute Gasteiger partial charge is 0.349 e. The van der Waals surface area contributed by atoms with E-state index in [9.17, 15) is 9.59 Å². The monoisotopic (exact) mass is 489 g/mol. The van der Waals surface area contributed by atoms with Crippen molar-refractivity contribution in [2.45, 2.75) is 0 Å². The van der Waals surface area contributed by atoms with Crippen molar-refractivity contribution >= 4 is 54.6 Å². The van der Waals surface area contributed by atoms with Crippen molar-refractivity contribution in [3.8, 4) is 5.82 Å². The lowest BCUT2D eigenvalue weighted by Gasteiger charge is -2.07. The van der Waals surface area contributed by atoms with Crippen LogP contribution >= 0.6 is 31.9 Å². The van der Waals surface area contributed by atoms with E-state index < -0.39 is 11.5 Å². The van der Waals surface area contributed by atoms with E-state index in [1.165, 1.54) is 12.4 Å². The summed E-state index contributed by atoms with van der Waals surface area (Å²) in [5.41, 5.74) is -0.508. The molecule has 0 bridgehead atoms. The second-order valence-corrected chi connectivity index (χ2v) is 7.21. The Bertz CT molecular complexity index is 1220. The van der Waals surface area contributed by atoms with Gasteiger partial charge >= 0.3 is 5.63 Å². The Morgan fingerprint density at radius 1 is 1.15 bits per heavy atom. The summed E-state index contributed by atoms with van der Waals surface area (Å²) in [6.45, 7) is 0. The van der Waals surface area contributed by atoms with Gasteiger partial charge in [-0.3, -0.25) is 9.36 Å². The van der Waals surface area contributed by atoms with Gasteiger partial charge in [0.15, 0.2) is 5.58 Å². The zero-order valence-corrected chi connectivity index (χ0v) is 16.6. The Balaban J connectivity index is 1.68. The molecule has 0 spiro atoms. The summed E-state index contributed by atoms with van der Waals surface area (Å²) in [6, 6.07) is 6.55. The molecule has 134 valence electrons. The third-order valence-electron chi connectivity index (χ3n) is 3.66. The minimum Gasteiger partial charge on any atom is -0.421 e. The van der Waals surface area contributed by atoms with Crippen LogP contribution in [-0.4, -0.2) is 25.4 Å². The van der Waals surface area contributed by atoms with Gasteiger partial charge in [-0.25, -0.2) is 19.7 Å². The molecular weight excluding hydrogens is 482 g/mol. The summed E-state index contributed by atoms with van der Waals surface area (Å²) in [6.07, 6.45) is 6.20. The fourth-order valence-electron chi connectivity index (χ4n) is 2.45. The molecule has 3 aromatic heterocycles. The van der Waals surface area contributed by atoms with Crippen molar-refractivity contribution in [3.05, 3.63) is 74.2 Å². The van der Waals surface area contributed by atoms with Crippen molar-refractivity contribution < 1.29 is 9.21 Å². The predicted molar refractivity (Wildman–Crippen MR) is 105 cm³/mol. The number of hydrogen-bond acceptors (Lipinski definition) is 6. The summed E-state index contributed by atoms with van der Waals surface area (Å²) in [7, 11) is 0. The highest BCUT2D eigenvalue weighted by molar-refractivity contribution is 9.11. The number of hydrogen-bond donors (Lipinski definition) is 1. The van der Waals surface area contributed by atoms with Gasteiger partial charge in [-0.05, 0) is 34.1 Å².